The zero-order chi connectivity index (χ0) is 12.4. The third-order valence-electron chi connectivity index (χ3n) is 3.52. The minimum Gasteiger partial charge on any atom is -0.394 e. The van der Waals surface area contributed by atoms with Gasteiger partial charge in [0, 0.05) is 29.5 Å². The number of fused-ring (bicyclic) bond motifs is 1. The van der Waals surface area contributed by atoms with Crippen molar-refractivity contribution >= 4 is 27.2 Å². The topological polar surface area (TPSA) is 54.4 Å². The monoisotopic (exact) mass is 264 g/mol. The van der Waals surface area contributed by atoms with E-state index in [0.29, 0.717) is 13.2 Å². The number of aromatic nitrogens is 1. The molecule has 1 fully saturated rings. The van der Waals surface area contributed by atoms with Gasteiger partial charge in [0.15, 0.2) is 0 Å². The summed E-state index contributed by atoms with van der Waals surface area (Å²) in [6.07, 6.45) is 3.43. The molecule has 0 radical (unpaired) electrons. The van der Waals surface area contributed by atoms with Crippen LogP contribution in [-0.2, 0) is 4.74 Å². The molecule has 0 atom stereocenters. The van der Waals surface area contributed by atoms with Gasteiger partial charge in [-0.25, -0.2) is 4.98 Å². The number of thiophene rings is 1. The fourth-order valence-electron chi connectivity index (χ4n) is 2.33. The van der Waals surface area contributed by atoms with Gasteiger partial charge in [0.05, 0.1) is 12.1 Å². The summed E-state index contributed by atoms with van der Waals surface area (Å²) in [7, 11) is 0. The lowest BCUT2D eigenvalue weighted by Gasteiger charge is -2.36. The van der Waals surface area contributed by atoms with Crippen molar-refractivity contribution in [2.24, 2.45) is 0 Å². The smallest absolute Gasteiger partial charge is 0.135 e. The normalized spacial score (nSPS) is 18.9. The highest BCUT2D eigenvalue weighted by Gasteiger charge is 2.32. The lowest BCUT2D eigenvalue weighted by atomic mass is 9.91. The van der Waals surface area contributed by atoms with Gasteiger partial charge in [-0.3, -0.25) is 0 Å². The summed E-state index contributed by atoms with van der Waals surface area (Å²) in [5.41, 5.74) is -0.290. The van der Waals surface area contributed by atoms with Crippen LogP contribution in [0.5, 0.6) is 0 Å². The Morgan fingerprint density at radius 1 is 1.39 bits per heavy atom. The molecular weight excluding hydrogens is 248 g/mol. The zero-order valence-corrected chi connectivity index (χ0v) is 10.9. The van der Waals surface area contributed by atoms with E-state index >= 15 is 0 Å². The largest absolute Gasteiger partial charge is 0.394 e. The first kappa shape index (κ1) is 11.9. The quantitative estimate of drug-likeness (QED) is 0.892. The Bertz CT molecular complexity index is 535. The summed E-state index contributed by atoms with van der Waals surface area (Å²) >= 11 is 1.70. The first-order valence-corrected chi connectivity index (χ1v) is 7.00. The molecule has 3 rings (SSSR count). The molecule has 2 N–H and O–H groups in total. The lowest BCUT2D eigenvalue weighted by molar-refractivity contribution is 0.0379. The molecule has 1 aliphatic heterocycles. The van der Waals surface area contributed by atoms with Gasteiger partial charge in [0.1, 0.15) is 5.82 Å². The van der Waals surface area contributed by atoms with Crippen LogP contribution in [0.25, 0.3) is 10.1 Å². The molecular formula is C13H16N2O2S. The second kappa shape index (κ2) is 4.84. The number of hydrogen-bond donors (Lipinski definition) is 2. The number of hydrogen-bond acceptors (Lipinski definition) is 5. The van der Waals surface area contributed by atoms with Gasteiger partial charge in [-0.05, 0) is 30.4 Å². The molecule has 3 heterocycles. The molecule has 1 saturated heterocycles. The number of pyridine rings is 1. The predicted octanol–water partition coefficient (Wildman–Crippen LogP) is 2.25. The molecule has 18 heavy (non-hydrogen) atoms. The van der Waals surface area contributed by atoms with Crippen LogP contribution in [-0.4, -0.2) is 35.5 Å². The van der Waals surface area contributed by atoms with Crippen molar-refractivity contribution in [1.82, 2.24) is 4.98 Å². The first-order valence-electron chi connectivity index (χ1n) is 6.12. The van der Waals surface area contributed by atoms with Crippen LogP contribution in [0, 0.1) is 0 Å². The second-order valence-corrected chi connectivity index (χ2v) is 5.62. The van der Waals surface area contributed by atoms with Gasteiger partial charge in [0.25, 0.3) is 0 Å². The van der Waals surface area contributed by atoms with Gasteiger partial charge >= 0.3 is 0 Å². The van der Waals surface area contributed by atoms with E-state index in [1.54, 1.807) is 11.3 Å². The van der Waals surface area contributed by atoms with Crippen molar-refractivity contribution in [2.45, 2.75) is 18.4 Å². The molecule has 4 nitrogen and oxygen atoms in total. The van der Waals surface area contributed by atoms with Crippen LogP contribution in [0.1, 0.15) is 12.8 Å². The zero-order valence-electron chi connectivity index (χ0n) is 10.1. The van der Waals surface area contributed by atoms with Crippen LogP contribution < -0.4 is 5.32 Å². The predicted molar refractivity (Wildman–Crippen MR) is 73.1 cm³/mol. The summed E-state index contributed by atoms with van der Waals surface area (Å²) in [4.78, 5) is 4.41. The van der Waals surface area contributed by atoms with Gasteiger partial charge in [-0.2, -0.15) is 0 Å². The highest BCUT2D eigenvalue weighted by molar-refractivity contribution is 7.17. The van der Waals surface area contributed by atoms with Gasteiger partial charge < -0.3 is 15.2 Å². The third kappa shape index (κ3) is 2.09. The number of aliphatic hydroxyl groups is 1. The van der Waals surface area contributed by atoms with Crippen molar-refractivity contribution < 1.29 is 9.84 Å². The number of aliphatic hydroxyl groups excluding tert-OH is 1. The summed E-state index contributed by atoms with van der Waals surface area (Å²) in [6.45, 7) is 1.49. The summed E-state index contributed by atoms with van der Waals surface area (Å²) in [5.74, 6) is 0.865. The molecule has 0 saturated carbocycles. The van der Waals surface area contributed by atoms with Crippen molar-refractivity contribution in [3.05, 3.63) is 23.7 Å². The van der Waals surface area contributed by atoms with E-state index in [-0.39, 0.29) is 12.1 Å². The standard InChI is InChI=1S/C13H16N2O2S/c16-9-13(3-6-17-7-4-13)15-12-10-2-8-18-11(10)1-5-14-12/h1-2,5,8,16H,3-4,6-7,9H2,(H,14,15). The average Bonchev–Trinajstić information content (AvgIpc) is 2.89. The third-order valence-corrected chi connectivity index (χ3v) is 4.40. The van der Waals surface area contributed by atoms with Gasteiger partial charge in [-0.1, -0.05) is 0 Å². The van der Waals surface area contributed by atoms with E-state index in [1.807, 2.05) is 12.3 Å². The molecule has 2 aromatic rings. The van der Waals surface area contributed by atoms with E-state index in [4.69, 9.17) is 4.74 Å². The van der Waals surface area contributed by atoms with Crippen molar-refractivity contribution in [3.8, 4) is 0 Å². The highest BCUT2D eigenvalue weighted by Crippen LogP contribution is 2.30. The molecule has 1 aliphatic rings. The maximum absolute atomic E-state index is 9.68. The Labute approximate surface area is 110 Å². The Morgan fingerprint density at radius 3 is 3.00 bits per heavy atom. The average molecular weight is 264 g/mol. The summed E-state index contributed by atoms with van der Waals surface area (Å²) < 4.78 is 6.58. The van der Waals surface area contributed by atoms with Crippen molar-refractivity contribution in [1.29, 1.82) is 0 Å². The molecule has 0 spiro atoms. The van der Waals surface area contributed by atoms with E-state index in [1.165, 1.54) is 4.70 Å². The Balaban J connectivity index is 1.92. The first-order chi connectivity index (χ1) is 8.83. The second-order valence-electron chi connectivity index (χ2n) is 4.67. The van der Waals surface area contributed by atoms with Crippen LogP contribution in [0.15, 0.2) is 23.7 Å². The van der Waals surface area contributed by atoms with E-state index in [9.17, 15) is 5.11 Å². The minimum absolute atomic E-state index is 0.110. The lowest BCUT2D eigenvalue weighted by Crippen LogP contribution is -2.47. The fourth-order valence-corrected chi connectivity index (χ4v) is 3.11. The molecule has 96 valence electrons. The molecule has 0 amide bonds. The number of rotatable bonds is 3. The van der Waals surface area contributed by atoms with E-state index in [2.05, 4.69) is 21.7 Å². The molecule has 0 aromatic carbocycles. The van der Waals surface area contributed by atoms with Crippen LogP contribution in [0.3, 0.4) is 0 Å². The molecule has 2 aromatic heterocycles. The number of ether oxygens (including phenoxy) is 1. The molecule has 5 heteroatoms. The maximum Gasteiger partial charge on any atom is 0.135 e. The molecule has 0 unspecified atom stereocenters. The van der Waals surface area contributed by atoms with Crippen molar-refractivity contribution in [3.63, 3.8) is 0 Å². The highest BCUT2D eigenvalue weighted by atomic mass is 32.1. The van der Waals surface area contributed by atoms with E-state index < -0.39 is 0 Å². The SMILES string of the molecule is OCC1(Nc2nccc3sccc23)CCOCC1. The fraction of sp³-hybridized carbons (Fsp3) is 0.462. The molecule has 0 bridgehead atoms. The van der Waals surface area contributed by atoms with E-state index in [0.717, 1.165) is 24.0 Å². The number of nitrogens with zero attached hydrogens (tertiary/aromatic N) is 1. The van der Waals surface area contributed by atoms with Crippen molar-refractivity contribution in [2.75, 3.05) is 25.1 Å². The molecule has 0 aliphatic carbocycles. The minimum atomic E-state index is -0.290. The Kier molecular flexibility index (Phi) is 3.20. The van der Waals surface area contributed by atoms with Crippen LogP contribution in [0.4, 0.5) is 5.82 Å². The number of anilines is 1. The summed E-state index contributed by atoms with van der Waals surface area (Å²) in [5, 5.41) is 16.3. The number of nitrogens with one attached hydrogen (secondary N) is 1. The Morgan fingerprint density at radius 2 is 2.22 bits per heavy atom. The Hall–Kier alpha value is -1.17. The van der Waals surface area contributed by atoms with Gasteiger partial charge in [-0.15, -0.1) is 11.3 Å². The van der Waals surface area contributed by atoms with Gasteiger partial charge in [0.2, 0.25) is 0 Å². The van der Waals surface area contributed by atoms with Crippen LogP contribution in [0.2, 0.25) is 0 Å². The van der Waals surface area contributed by atoms with Crippen LogP contribution >= 0.6 is 11.3 Å². The maximum atomic E-state index is 9.68. The summed E-state index contributed by atoms with van der Waals surface area (Å²) in [6, 6.07) is 4.08.